The number of piperazine rings is 1. The lowest BCUT2D eigenvalue weighted by atomic mass is 10.1. The van der Waals surface area contributed by atoms with Crippen LogP contribution >= 0.6 is 0 Å². The number of anilines is 1. The Kier molecular flexibility index (Phi) is 6.58. The van der Waals surface area contributed by atoms with Crippen molar-refractivity contribution in [2.24, 2.45) is 0 Å². The highest BCUT2D eigenvalue weighted by molar-refractivity contribution is 5.58. The third kappa shape index (κ3) is 4.93. The highest BCUT2D eigenvalue weighted by Gasteiger charge is 2.21. The molecular weight excluding hydrogens is 340 g/mol. The summed E-state index contributed by atoms with van der Waals surface area (Å²) in [6.07, 6.45) is -0.497. The number of nitrogens with zero attached hydrogens (tertiary/aromatic N) is 2. The Balaban J connectivity index is 1.47. The summed E-state index contributed by atoms with van der Waals surface area (Å²) < 4.78 is 11.3. The minimum Gasteiger partial charge on any atom is -0.495 e. The van der Waals surface area contributed by atoms with Crippen LogP contribution in [0.4, 0.5) is 5.69 Å². The predicted molar refractivity (Wildman–Crippen MR) is 109 cm³/mol. The molecule has 0 spiro atoms. The number of para-hydroxylation sites is 2. The van der Waals surface area contributed by atoms with E-state index in [0.717, 1.165) is 48.9 Å². The van der Waals surface area contributed by atoms with Gasteiger partial charge in [0.05, 0.1) is 12.8 Å². The molecule has 146 valence electrons. The Bertz CT molecular complexity index is 742. The van der Waals surface area contributed by atoms with Crippen molar-refractivity contribution in [1.82, 2.24) is 4.90 Å². The summed E-state index contributed by atoms with van der Waals surface area (Å²) >= 11 is 0. The molecule has 0 aromatic heterocycles. The van der Waals surface area contributed by atoms with Gasteiger partial charge in [0.2, 0.25) is 0 Å². The van der Waals surface area contributed by atoms with Crippen molar-refractivity contribution in [3.8, 4) is 11.5 Å². The molecule has 2 aromatic rings. The van der Waals surface area contributed by atoms with E-state index in [9.17, 15) is 5.11 Å². The van der Waals surface area contributed by atoms with Crippen molar-refractivity contribution in [2.45, 2.75) is 20.0 Å². The van der Waals surface area contributed by atoms with Crippen LogP contribution < -0.4 is 14.4 Å². The predicted octanol–water partition coefficient (Wildman–Crippen LogP) is 2.87. The number of hydrogen-bond acceptors (Lipinski definition) is 5. The van der Waals surface area contributed by atoms with Gasteiger partial charge in [0.15, 0.2) is 0 Å². The number of aliphatic hydroxyl groups excluding tert-OH is 1. The minimum absolute atomic E-state index is 0.316. The zero-order chi connectivity index (χ0) is 19.2. The van der Waals surface area contributed by atoms with Gasteiger partial charge in [0, 0.05) is 32.7 Å². The number of aryl methyl sites for hydroxylation is 1. The third-order valence-electron chi connectivity index (χ3n) is 5.25. The Morgan fingerprint density at radius 1 is 0.963 bits per heavy atom. The molecule has 0 aliphatic carbocycles. The van der Waals surface area contributed by atoms with Gasteiger partial charge in [-0.2, -0.15) is 0 Å². The molecular formula is C22H30N2O3. The average Bonchev–Trinajstić information content (AvgIpc) is 2.69. The van der Waals surface area contributed by atoms with Gasteiger partial charge in [0.1, 0.15) is 24.2 Å². The lowest BCUT2D eigenvalue weighted by Gasteiger charge is -2.37. The maximum absolute atomic E-state index is 10.4. The summed E-state index contributed by atoms with van der Waals surface area (Å²) in [7, 11) is 1.71. The Morgan fingerprint density at radius 3 is 2.41 bits per heavy atom. The van der Waals surface area contributed by atoms with Gasteiger partial charge in [0.25, 0.3) is 0 Å². The van der Waals surface area contributed by atoms with Gasteiger partial charge in [-0.3, -0.25) is 4.90 Å². The molecule has 1 unspecified atom stereocenters. The summed E-state index contributed by atoms with van der Waals surface area (Å²) in [5.74, 6) is 1.77. The van der Waals surface area contributed by atoms with E-state index in [1.54, 1.807) is 7.11 Å². The number of hydrogen-bond donors (Lipinski definition) is 1. The zero-order valence-electron chi connectivity index (χ0n) is 16.5. The number of benzene rings is 2. The van der Waals surface area contributed by atoms with Crippen molar-refractivity contribution in [1.29, 1.82) is 0 Å². The van der Waals surface area contributed by atoms with Gasteiger partial charge in [-0.1, -0.05) is 24.3 Å². The molecule has 3 rings (SSSR count). The highest BCUT2D eigenvalue weighted by Crippen LogP contribution is 2.28. The molecule has 1 heterocycles. The number of methoxy groups -OCH3 is 1. The lowest BCUT2D eigenvalue weighted by molar-refractivity contribution is 0.0660. The van der Waals surface area contributed by atoms with Crippen molar-refractivity contribution >= 4 is 5.69 Å². The molecule has 0 saturated carbocycles. The number of β-amino-alcohol motifs (C(OH)–C–C–N with tert-alkyl or cyclic N) is 1. The van der Waals surface area contributed by atoms with Gasteiger partial charge in [-0.15, -0.1) is 0 Å². The quantitative estimate of drug-likeness (QED) is 0.812. The second kappa shape index (κ2) is 9.11. The van der Waals surface area contributed by atoms with Gasteiger partial charge < -0.3 is 19.5 Å². The topological polar surface area (TPSA) is 45.2 Å². The first-order chi connectivity index (χ1) is 13.1. The number of aliphatic hydroxyl groups is 1. The molecule has 27 heavy (non-hydrogen) atoms. The van der Waals surface area contributed by atoms with E-state index < -0.39 is 6.10 Å². The molecule has 1 aliphatic rings. The molecule has 1 fully saturated rings. The number of rotatable bonds is 7. The molecule has 1 N–H and O–H groups in total. The summed E-state index contributed by atoms with van der Waals surface area (Å²) in [6.45, 7) is 8.74. The zero-order valence-corrected chi connectivity index (χ0v) is 16.5. The Labute approximate surface area is 162 Å². The standard InChI is InChI=1S/C22H30N2O3/c1-17-7-6-10-21(18(17)2)27-16-19(25)15-23-11-13-24(14-12-23)20-8-4-5-9-22(20)26-3/h4-10,19,25H,11-16H2,1-3H3. The summed E-state index contributed by atoms with van der Waals surface area (Å²) in [5, 5.41) is 10.4. The summed E-state index contributed by atoms with van der Waals surface area (Å²) in [6, 6.07) is 14.1. The van der Waals surface area contributed by atoms with Crippen LogP contribution in [0, 0.1) is 13.8 Å². The maximum atomic E-state index is 10.4. The molecule has 1 aliphatic heterocycles. The van der Waals surface area contributed by atoms with Gasteiger partial charge >= 0.3 is 0 Å². The van der Waals surface area contributed by atoms with Crippen LogP contribution in [0.1, 0.15) is 11.1 Å². The van der Waals surface area contributed by atoms with E-state index >= 15 is 0 Å². The fourth-order valence-corrected chi connectivity index (χ4v) is 3.48. The second-order valence-corrected chi connectivity index (χ2v) is 7.12. The van der Waals surface area contributed by atoms with Crippen LogP contribution in [0.15, 0.2) is 42.5 Å². The molecule has 0 amide bonds. The van der Waals surface area contributed by atoms with E-state index in [1.165, 1.54) is 5.56 Å². The first-order valence-electron chi connectivity index (χ1n) is 9.56. The van der Waals surface area contributed by atoms with Crippen molar-refractivity contribution in [3.05, 3.63) is 53.6 Å². The minimum atomic E-state index is -0.497. The maximum Gasteiger partial charge on any atom is 0.142 e. The van der Waals surface area contributed by atoms with Crippen molar-refractivity contribution < 1.29 is 14.6 Å². The summed E-state index contributed by atoms with van der Waals surface area (Å²) in [5.41, 5.74) is 3.48. The van der Waals surface area contributed by atoms with Gasteiger partial charge in [-0.05, 0) is 43.2 Å². The van der Waals surface area contributed by atoms with Crippen LogP contribution in [0.5, 0.6) is 11.5 Å². The van der Waals surface area contributed by atoms with Crippen LogP contribution in [-0.4, -0.2) is 62.6 Å². The van der Waals surface area contributed by atoms with Gasteiger partial charge in [-0.25, -0.2) is 0 Å². The fourth-order valence-electron chi connectivity index (χ4n) is 3.48. The second-order valence-electron chi connectivity index (χ2n) is 7.12. The van der Waals surface area contributed by atoms with E-state index in [1.807, 2.05) is 37.3 Å². The van der Waals surface area contributed by atoms with Crippen molar-refractivity contribution in [2.75, 3.05) is 51.3 Å². The fraction of sp³-hybridized carbons (Fsp3) is 0.455. The normalized spacial score (nSPS) is 16.2. The van der Waals surface area contributed by atoms with Crippen LogP contribution in [0.25, 0.3) is 0 Å². The SMILES string of the molecule is COc1ccccc1N1CCN(CC(O)COc2cccc(C)c2C)CC1. The molecule has 0 bridgehead atoms. The van der Waals surface area contributed by atoms with E-state index in [4.69, 9.17) is 9.47 Å². The molecule has 5 heteroatoms. The largest absolute Gasteiger partial charge is 0.495 e. The van der Waals surface area contributed by atoms with Crippen molar-refractivity contribution in [3.63, 3.8) is 0 Å². The molecule has 0 radical (unpaired) electrons. The average molecular weight is 370 g/mol. The Morgan fingerprint density at radius 2 is 1.67 bits per heavy atom. The lowest BCUT2D eigenvalue weighted by Crippen LogP contribution is -2.49. The molecule has 1 saturated heterocycles. The van der Waals surface area contributed by atoms with E-state index in [2.05, 4.69) is 28.9 Å². The number of ether oxygens (including phenoxy) is 2. The highest BCUT2D eigenvalue weighted by atomic mass is 16.5. The van der Waals surface area contributed by atoms with E-state index in [-0.39, 0.29) is 0 Å². The molecule has 2 aromatic carbocycles. The van der Waals surface area contributed by atoms with Crippen LogP contribution in [0.3, 0.4) is 0 Å². The van der Waals surface area contributed by atoms with E-state index in [0.29, 0.717) is 13.2 Å². The monoisotopic (exact) mass is 370 g/mol. The molecule has 5 nitrogen and oxygen atoms in total. The van der Waals surface area contributed by atoms with Crippen LogP contribution in [0.2, 0.25) is 0 Å². The Hall–Kier alpha value is -2.24. The summed E-state index contributed by atoms with van der Waals surface area (Å²) in [4.78, 5) is 4.64. The molecule has 1 atom stereocenters. The third-order valence-corrected chi connectivity index (χ3v) is 5.25. The van der Waals surface area contributed by atoms with Crippen LogP contribution in [-0.2, 0) is 0 Å². The first-order valence-corrected chi connectivity index (χ1v) is 9.56. The first kappa shape index (κ1) is 19.5. The smallest absolute Gasteiger partial charge is 0.142 e.